The van der Waals surface area contributed by atoms with Gasteiger partial charge in [0, 0.05) is 18.7 Å². The molecule has 0 bridgehead atoms. The minimum atomic E-state index is 0.0717. The van der Waals surface area contributed by atoms with Crippen molar-refractivity contribution in [2.75, 3.05) is 18.9 Å². The van der Waals surface area contributed by atoms with Gasteiger partial charge in [0.05, 0.1) is 12.7 Å². The Kier molecular flexibility index (Phi) is 5.87. The number of amides is 1. The average molecular weight is 276 g/mol. The predicted molar refractivity (Wildman–Crippen MR) is 80.4 cm³/mol. The van der Waals surface area contributed by atoms with Gasteiger partial charge in [-0.1, -0.05) is 25.0 Å². The summed E-state index contributed by atoms with van der Waals surface area (Å²) in [6.07, 6.45) is 6.52. The lowest BCUT2D eigenvalue weighted by Crippen LogP contribution is -2.28. The van der Waals surface area contributed by atoms with Crippen LogP contribution in [0.1, 0.15) is 37.7 Å². The number of hydrogen-bond donors (Lipinski definition) is 2. The van der Waals surface area contributed by atoms with E-state index in [1.807, 2.05) is 24.3 Å². The zero-order valence-electron chi connectivity index (χ0n) is 11.9. The molecule has 0 radical (unpaired) electrons. The van der Waals surface area contributed by atoms with Crippen molar-refractivity contribution in [3.05, 3.63) is 29.8 Å². The fourth-order valence-corrected chi connectivity index (χ4v) is 2.57. The molecule has 1 aromatic rings. The van der Waals surface area contributed by atoms with Gasteiger partial charge in [-0.05, 0) is 37.0 Å². The van der Waals surface area contributed by atoms with Crippen LogP contribution in [0.2, 0.25) is 0 Å². The molecule has 0 atom stereocenters. The molecule has 0 aliphatic heterocycles. The number of aryl methyl sites for hydroxylation is 1. The summed E-state index contributed by atoms with van der Waals surface area (Å²) in [6, 6.07) is 7.67. The fraction of sp³-hybridized carbons (Fsp3) is 0.562. The Bertz CT molecular complexity index is 428. The van der Waals surface area contributed by atoms with Gasteiger partial charge in [-0.3, -0.25) is 4.79 Å². The van der Waals surface area contributed by atoms with E-state index in [4.69, 9.17) is 10.5 Å². The number of nitrogen functional groups attached to an aromatic ring is 1. The van der Waals surface area contributed by atoms with Gasteiger partial charge in [0.1, 0.15) is 0 Å². The number of benzene rings is 1. The smallest absolute Gasteiger partial charge is 0.220 e. The number of carbonyl (C=O) groups is 1. The first-order chi connectivity index (χ1) is 9.74. The van der Waals surface area contributed by atoms with Crippen LogP contribution in [0.25, 0.3) is 0 Å². The molecule has 0 aromatic heterocycles. The molecule has 20 heavy (non-hydrogen) atoms. The highest BCUT2D eigenvalue weighted by Crippen LogP contribution is 2.20. The number of nitrogens with two attached hydrogens (primary N) is 1. The number of rotatable bonds is 7. The molecule has 4 nitrogen and oxygen atoms in total. The van der Waals surface area contributed by atoms with E-state index in [-0.39, 0.29) is 5.91 Å². The summed E-state index contributed by atoms with van der Waals surface area (Å²) in [5, 5.41) is 2.90. The maximum Gasteiger partial charge on any atom is 0.220 e. The van der Waals surface area contributed by atoms with Crippen molar-refractivity contribution < 1.29 is 9.53 Å². The molecule has 3 N–H and O–H groups in total. The van der Waals surface area contributed by atoms with Crippen molar-refractivity contribution >= 4 is 11.6 Å². The molecule has 1 aromatic carbocycles. The van der Waals surface area contributed by atoms with Gasteiger partial charge >= 0.3 is 0 Å². The van der Waals surface area contributed by atoms with Crippen molar-refractivity contribution in [1.29, 1.82) is 0 Å². The molecule has 4 heteroatoms. The minimum Gasteiger partial charge on any atom is -0.399 e. The van der Waals surface area contributed by atoms with Crippen LogP contribution in [-0.2, 0) is 16.0 Å². The zero-order valence-corrected chi connectivity index (χ0v) is 11.9. The summed E-state index contributed by atoms with van der Waals surface area (Å²) >= 11 is 0. The summed E-state index contributed by atoms with van der Waals surface area (Å²) in [5.41, 5.74) is 7.55. The Morgan fingerprint density at radius 1 is 1.35 bits per heavy atom. The molecule has 2 rings (SSSR count). The Balaban J connectivity index is 1.56. The SMILES string of the molecule is Nc1cccc(CCC(=O)NCCOC2CCCC2)c1. The molecule has 0 unspecified atom stereocenters. The van der Waals surface area contributed by atoms with E-state index in [0.717, 1.165) is 17.7 Å². The normalized spacial score (nSPS) is 15.4. The van der Waals surface area contributed by atoms with Crippen molar-refractivity contribution in [2.45, 2.75) is 44.6 Å². The third-order valence-corrected chi connectivity index (χ3v) is 3.67. The van der Waals surface area contributed by atoms with E-state index in [9.17, 15) is 4.79 Å². The van der Waals surface area contributed by atoms with Crippen molar-refractivity contribution in [3.63, 3.8) is 0 Å². The van der Waals surface area contributed by atoms with E-state index in [1.165, 1.54) is 25.7 Å². The Morgan fingerprint density at radius 3 is 2.90 bits per heavy atom. The number of carbonyl (C=O) groups excluding carboxylic acids is 1. The summed E-state index contributed by atoms with van der Waals surface area (Å²) in [4.78, 5) is 11.7. The number of ether oxygens (including phenoxy) is 1. The van der Waals surface area contributed by atoms with Gasteiger partial charge in [-0.25, -0.2) is 0 Å². The Labute approximate surface area is 120 Å². The van der Waals surface area contributed by atoms with E-state index < -0.39 is 0 Å². The van der Waals surface area contributed by atoms with Crippen LogP contribution in [-0.4, -0.2) is 25.2 Å². The predicted octanol–water partition coefficient (Wildman–Crippen LogP) is 2.28. The lowest BCUT2D eigenvalue weighted by molar-refractivity contribution is -0.121. The van der Waals surface area contributed by atoms with Crippen LogP contribution in [0, 0.1) is 0 Å². The summed E-state index contributed by atoms with van der Waals surface area (Å²) in [5.74, 6) is 0.0717. The van der Waals surface area contributed by atoms with Gasteiger partial charge in [0.2, 0.25) is 5.91 Å². The lowest BCUT2D eigenvalue weighted by atomic mass is 10.1. The third kappa shape index (κ3) is 5.21. The molecular weight excluding hydrogens is 252 g/mol. The van der Waals surface area contributed by atoms with Crippen molar-refractivity contribution in [3.8, 4) is 0 Å². The number of hydrogen-bond acceptors (Lipinski definition) is 3. The van der Waals surface area contributed by atoms with Gasteiger partial charge in [-0.2, -0.15) is 0 Å². The van der Waals surface area contributed by atoms with Gasteiger partial charge < -0.3 is 15.8 Å². The molecule has 1 aliphatic rings. The molecular formula is C16H24N2O2. The lowest BCUT2D eigenvalue weighted by Gasteiger charge is -2.11. The topological polar surface area (TPSA) is 64.4 Å². The quantitative estimate of drug-likeness (QED) is 0.593. The van der Waals surface area contributed by atoms with Gasteiger partial charge in [0.15, 0.2) is 0 Å². The number of nitrogens with one attached hydrogen (secondary N) is 1. The molecule has 1 amide bonds. The van der Waals surface area contributed by atoms with Gasteiger partial charge in [-0.15, -0.1) is 0 Å². The second kappa shape index (κ2) is 7.90. The Morgan fingerprint density at radius 2 is 2.15 bits per heavy atom. The molecule has 1 fully saturated rings. The van der Waals surface area contributed by atoms with Crippen LogP contribution in [0.3, 0.4) is 0 Å². The van der Waals surface area contributed by atoms with Crippen LogP contribution in [0.15, 0.2) is 24.3 Å². The zero-order chi connectivity index (χ0) is 14.2. The first kappa shape index (κ1) is 14.9. The van der Waals surface area contributed by atoms with Crippen LogP contribution >= 0.6 is 0 Å². The maximum absolute atomic E-state index is 11.7. The second-order valence-corrected chi connectivity index (χ2v) is 5.37. The highest BCUT2D eigenvalue weighted by Gasteiger charge is 2.14. The third-order valence-electron chi connectivity index (χ3n) is 3.67. The standard InChI is InChI=1S/C16H24N2O2/c17-14-5-3-4-13(12-14)8-9-16(19)18-10-11-20-15-6-1-2-7-15/h3-5,12,15H,1-2,6-11,17H2,(H,18,19). The van der Waals surface area contributed by atoms with Gasteiger partial charge in [0.25, 0.3) is 0 Å². The highest BCUT2D eigenvalue weighted by atomic mass is 16.5. The van der Waals surface area contributed by atoms with E-state index >= 15 is 0 Å². The molecule has 110 valence electrons. The van der Waals surface area contributed by atoms with Crippen LogP contribution in [0.5, 0.6) is 0 Å². The maximum atomic E-state index is 11.7. The van der Waals surface area contributed by atoms with Crippen LogP contribution < -0.4 is 11.1 Å². The second-order valence-electron chi connectivity index (χ2n) is 5.37. The molecule has 1 aliphatic carbocycles. The first-order valence-electron chi connectivity index (χ1n) is 7.47. The summed E-state index contributed by atoms with van der Waals surface area (Å²) in [6.45, 7) is 1.22. The van der Waals surface area contributed by atoms with E-state index in [0.29, 0.717) is 25.7 Å². The number of anilines is 1. The minimum absolute atomic E-state index is 0.0717. The van der Waals surface area contributed by atoms with Crippen molar-refractivity contribution in [1.82, 2.24) is 5.32 Å². The van der Waals surface area contributed by atoms with Crippen LogP contribution in [0.4, 0.5) is 5.69 Å². The highest BCUT2D eigenvalue weighted by molar-refractivity contribution is 5.76. The molecule has 1 saturated carbocycles. The molecule has 0 saturated heterocycles. The molecule has 0 spiro atoms. The summed E-state index contributed by atoms with van der Waals surface area (Å²) in [7, 11) is 0. The Hall–Kier alpha value is -1.55. The van der Waals surface area contributed by atoms with E-state index in [2.05, 4.69) is 5.32 Å². The monoisotopic (exact) mass is 276 g/mol. The molecule has 0 heterocycles. The van der Waals surface area contributed by atoms with Crippen molar-refractivity contribution in [2.24, 2.45) is 0 Å². The average Bonchev–Trinajstić information content (AvgIpc) is 2.95. The largest absolute Gasteiger partial charge is 0.399 e. The fourth-order valence-electron chi connectivity index (χ4n) is 2.57. The first-order valence-corrected chi connectivity index (χ1v) is 7.47. The summed E-state index contributed by atoms with van der Waals surface area (Å²) < 4.78 is 5.70. The van der Waals surface area contributed by atoms with E-state index in [1.54, 1.807) is 0 Å².